The Morgan fingerprint density at radius 2 is 1.77 bits per heavy atom. The van der Waals surface area contributed by atoms with Gasteiger partial charge < -0.3 is 13.8 Å². The highest BCUT2D eigenvalue weighted by molar-refractivity contribution is 7.18. The van der Waals surface area contributed by atoms with Crippen molar-refractivity contribution in [1.82, 2.24) is 20.3 Å². The minimum atomic E-state index is 0.426. The smallest absolute Gasteiger partial charge is 0.271 e. The van der Waals surface area contributed by atoms with Crippen LogP contribution in [0.1, 0.15) is 16.7 Å². The van der Waals surface area contributed by atoms with Crippen molar-refractivity contribution in [3.63, 3.8) is 0 Å². The Morgan fingerprint density at radius 1 is 0.967 bits per heavy atom. The van der Waals surface area contributed by atoms with Crippen LogP contribution in [0.2, 0.25) is 0 Å². The first-order valence-electron chi connectivity index (χ1n) is 9.67. The lowest BCUT2D eigenvalue weighted by Crippen LogP contribution is -3.06. The van der Waals surface area contributed by atoms with Gasteiger partial charge in [-0.1, -0.05) is 47.6 Å². The third kappa shape index (κ3) is 3.62. The van der Waals surface area contributed by atoms with Crippen LogP contribution in [0.25, 0.3) is 32.9 Å². The first-order valence-corrected chi connectivity index (χ1v) is 10.5. The average Bonchev–Trinajstić information content (AvgIpc) is 3.46. The number of thiazole rings is 1. The molecule has 0 amide bonds. The van der Waals surface area contributed by atoms with Crippen molar-refractivity contribution >= 4 is 21.6 Å². The van der Waals surface area contributed by atoms with E-state index >= 15 is 0 Å². The van der Waals surface area contributed by atoms with Crippen LogP contribution >= 0.6 is 11.3 Å². The summed E-state index contributed by atoms with van der Waals surface area (Å²) in [7, 11) is 2.09. The summed E-state index contributed by atoms with van der Waals surface area (Å²) in [6, 6.07) is 18.0. The lowest BCUT2D eigenvalue weighted by molar-refractivity contribution is -0.909. The Kier molecular flexibility index (Phi) is 4.86. The number of hydrogen-bond donors (Lipinski definition) is 1. The third-order valence-electron chi connectivity index (χ3n) is 4.83. The van der Waals surface area contributed by atoms with Gasteiger partial charge in [-0.2, -0.15) is 0 Å². The van der Waals surface area contributed by atoms with Gasteiger partial charge in [0, 0.05) is 5.56 Å². The number of nitrogens with one attached hydrogen (secondary N) is 1. The van der Waals surface area contributed by atoms with Gasteiger partial charge >= 0.3 is 0 Å². The zero-order valence-electron chi connectivity index (χ0n) is 16.6. The summed E-state index contributed by atoms with van der Waals surface area (Å²) in [5.41, 5.74) is 3.44. The van der Waals surface area contributed by atoms with Gasteiger partial charge in [-0.25, -0.2) is 4.98 Å². The molecule has 3 heterocycles. The number of rotatable bonds is 6. The standard InChI is InChI=1S/C22H19N5O2S/c1-14-20(21(26-29-14)15-8-4-3-5-9-15)22-25-24-18(28-22)12-27(2)13-19-23-16-10-6-7-11-17(16)30-19/h3-11H,12-13H2,1-2H3/p+1. The maximum absolute atomic E-state index is 5.98. The minimum Gasteiger partial charge on any atom is -0.415 e. The molecule has 0 saturated heterocycles. The molecular weight excluding hydrogens is 398 g/mol. The highest BCUT2D eigenvalue weighted by Gasteiger charge is 2.23. The summed E-state index contributed by atoms with van der Waals surface area (Å²) in [4.78, 5) is 5.92. The second-order valence-electron chi connectivity index (χ2n) is 7.22. The highest BCUT2D eigenvalue weighted by Crippen LogP contribution is 2.33. The SMILES string of the molecule is Cc1onc(-c2ccccc2)c1-c1nnc(C[NH+](C)Cc2nc3ccccc3s2)o1. The fourth-order valence-corrected chi connectivity index (χ4v) is 4.50. The maximum atomic E-state index is 5.98. The molecule has 0 fully saturated rings. The molecule has 0 aliphatic carbocycles. The molecule has 1 unspecified atom stereocenters. The Labute approximate surface area is 177 Å². The van der Waals surface area contributed by atoms with E-state index < -0.39 is 0 Å². The van der Waals surface area contributed by atoms with Crippen molar-refractivity contribution in [2.75, 3.05) is 7.05 Å². The van der Waals surface area contributed by atoms with Gasteiger partial charge in [-0.05, 0) is 19.1 Å². The van der Waals surface area contributed by atoms with Crippen molar-refractivity contribution in [2.24, 2.45) is 0 Å². The number of aromatic nitrogens is 4. The third-order valence-corrected chi connectivity index (χ3v) is 5.87. The molecule has 0 aliphatic rings. The fraction of sp³-hybridized carbons (Fsp3) is 0.182. The topological polar surface area (TPSA) is 82.3 Å². The van der Waals surface area contributed by atoms with Gasteiger partial charge in [0.25, 0.3) is 11.8 Å². The van der Waals surface area contributed by atoms with E-state index in [4.69, 9.17) is 13.9 Å². The number of quaternary nitrogens is 1. The normalized spacial score (nSPS) is 12.5. The molecule has 30 heavy (non-hydrogen) atoms. The van der Waals surface area contributed by atoms with E-state index in [0.29, 0.717) is 29.8 Å². The molecule has 150 valence electrons. The Morgan fingerprint density at radius 3 is 2.60 bits per heavy atom. The number of para-hydroxylation sites is 1. The second kappa shape index (κ2) is 7.81. The number of fused-ring (bicyclic) bond motifs is 1. The van der Waals surface area contributed by atoms with Gasteiger partial charge in [0.05, 0.1) is 17.3 Å². The Bertz CT molecular complexity index is 1260. The van der Waals surface area contributed by atoms with E-state index in [1.165, 1.54) is 9.60 Å². The molecule has 0 radical (unpaired) electrons. The first kappa shape index (κ1) is 18.7. The second-order valence-corrected chi connectivity index (χ2v) is 8.33. The van der Waals surface area contributed by atoms with Gasteiger partial charge in [-0.15, -0.1) is 21.5 Å². The van der Waals surface area contributed by atoms with Crippen LogP contribution in [0.4, 0.5) is 0 Å². The van der Waals surface area contributed by atoms with Gasteiger partial charge in [0.1, 0.15) is 28.6 Å². The lowest BCUT2D eigenvalue weighted by atomic mass is 10.1. The summed E-state index contributed by atoms with van der Waals surface area (Å²) >= 11 is 1.72. The summed E-state index contributed by atoms with van der Waals surface area (Å²) in [5.74, 6) is 1.65. The molecule has 1 N–H and O–H groups in total. The molecule has 8 heteroatoms. The predicted octanol–water partition coefficient (Wildman–Crippen LogP) is 3.52. The zero-order valence-corrected chi connectivity index (χ0v) is 17.4. The molecule has 0 spiro atoms. The van der Waals surface area contributed by atoms with E-state index in [1.54, 1.807) is 11.3 Å². The molecule has 1 atom stereocenters. The van der Waals surface area contributed by atoms with Gasteiger partial charge in [0.2, 0.25) is 0 Å². The highest BCUT2D eigenvalue weighted by atomic mass is 32.1. The van der Waals surface area contributed by atoms with Crippen LogP contribution < -0.4 is 4.90 Å². The predicted molar refractivity (Wildman–Crippen MR) is 114 cm³/mol. The quantitative estimate of drug-likeness (QED) is 0.454. The fourth-order valence-electron chi connectivity index (χ4n) is 3.42. The number of aryl methyl sites for hydroxylation is 1. The maximum Gasteiger partial charge on any atom is 0.271 e. The van der Waals surface area contributed by atoms with Crippen LogP contribution in [0, 0.1) is 6.92 Å². The van der Waals surface area contributed by atoms with Crippen molar-refractivity contribution < 1.29 is 13.8 Å². The van der Waals surface area contributed by atoms with Gasteiger partial charge in [-0.3, -0.25) is 0 Å². The molecule has 7 nitrogen and oxygen atoms in total. The minimum absolute atomic E-state index is 0.426. The van der Waals surface area contributed by atoms with E-state index in [-0.39, 0.29) is 0 Å². The zero-order chi connectivity index (χ0) is 20.5. The van der Waals surface area contributed by atoms with Crippen molar-refractivity contribution in [3.8, 4) is 22.7 Å². The Balaban J connectivity index is 1.34. The van der Waals surface area contributed by atoms with E-state index in [2.05, 4.69) is 28.5 Å². The molecule has 5 aromatic rings. The Hall–Kier alpha value is -3.36. The molecule has 0 bridgehead atoms. The summed E-state index contributed by atoms with van der Waals surface area (Å²) in [6.07, 6.45) is 0. The number of nitrogens with zero attached hydrogens (tertiary/aromatic N) is 4. The van der Waals surface area contributed by atoms with Crippen LogP contribution in [0.5, 0.6) is 0 Å². The van der Waals surface area contributed by atoms with Crippen molar-refractivity contribution in [3.05, 3.63) is 71.3 Å². The van der Waals surface area contributed by atoms with Crippen LogP contribution in [0.15, 0.2) is 63.5 Å². The van der Waals surface area contributed by atoms with Crippen LogP contribution in [-0.2, 0) is 13.1 Å². The summed E-state index contributed by atoms with van der Waals surface area (Å²) in [5, 5.41) is 13.8. The van der Waals surface area contributed by atoms with E-state index in [9.17, 15) is 0 Å². The number of benzene rings is 2. The van der Waals surface area contributed by atoms with Gasteiger partial charge in [0.15, 0.2) is 6.54 Å². The van der Waals surface area contributed by atoms with Crippen LogP contribution in [-0.4, -0.2) is 27.4 Å². The molecule has 0 aliphatic heterocycles. The molecule has 0 saturated carbocycles. The van der Waals surface area contributed by atoms with Crippen LogP contribution in [0.3, 0.4) is 0 Å². The first-order chi connectivity index (χ1) is 14.7. The molecule has 3 aromatic heterocycles. The average molecular weight is 419 g/mol. The number of hydrogen-bond acceptors (Lipinski definition) is 7. The summed E-state index contributed by atoms with van der Waals surface area (Å²) < 4.78 is 12.6. The monoisotopic (exact) mass is 418 g/mol. The molecule has 2 aromatic carbocycles. The van der Waals surface area contributed by atoms with E-state index in [1.807, 2.05) is 55.5 Å². The largest absolute Gasteiger partial charge is 0.415 e. The van der Waals surface area contributed by atoms with Crippen molar-refractivity contribution in [2.45, 2.75) is 20.0 Å². The molecular formula is C22H20N5O2S+. The lowest BCUT2D eigenvalue weighted by Gasteiger charge is -2.09. The summed E-state index contributed by atoms with van der Waals surface area (Å²) in [6.45, 7) is 3.25. The van der Waals surface area contributed by atoms with Crippen molar-refractivity contribution in [1.29, 1.82) is 0 Å². The van der Waals surface area contributed by atoms with E-state index in [0.717, 1.165) is 28.2 Å². The molecule has 5 rings (SSSR count).